The Morgan fingerprint density at radius 3 is 2.50 bits per heavy atom. The number of benzene rings is 2. The van der Waals surface area contributed by atoms with Gasteiger partial charge in [-0.15, -0.1) is 0 Å². The van der Waals surface area contributed by atoms with Crippen LogP contribution in [0.5, 0.6) is 0 Å². The van der Waals surface area contributed by atoms with E-state index in [2.05, 4.69) is 40.2 Å². The van der Waals surface area contributed by atoms with Gasteiger partial charge in [-0.2, -0.15) is 0 Å². The lowest BCUT2D eigenvalue weighted by Crippen LogP contribution is -2.52. The van der Waals surface area contributed by atoms with E-state index in [1.807, 2.05) is 12.1 Å². The zero-order valence-electron chi connectivity index (χ0n) is 18.1. The van der Waals surface area contributed by atoms with Crippen molar-refractivity contribution in [2.75, 3.05) is 31.1 Å². The van der Waals surface area contributed by atoms with Gasteiger partial charge in [-0.05, 0) is 67.5 Å². The Hall–Kier alpha value is -2.40. The molecule has 2 heterocycles. The number of amides is 1. The second-order valence-corrected chi connectivity index (χ2v) is 8.69. The molecule has 4 nitrogen and oxygen atoms in total. The van der Waals surface area contributed by atoms with Crippen LogP contribution >= 0.6 is 0 Å². The van der Waals surface area contributed by atoms with Crippen molar-refractivity contribution in [3.63, 3.8) is 0 Å². The van der Waals surface area contributed by atoms with Crippen LogP contribution in [0, 0.1) is 5.82 Å². The van der Waals surface area contributed by atoms with Crippen LogP contribution in [-0.4, -0.2) is 37.0 Å². The molecular weight excluding hydrogens is 377 g/mol. The highest BCUT2D eigenvalue weighted by atomic mass is 19.1. The van der Waals surface area contributed by atoms with E-state index in [-0.39, 0.29) is 11.7 Å². The fraction of sp³-hybridized carbons (Fsp3) is 0.480. The van der Waals surface area contributed by atoms with E-state index < -0.39 is 5.54 Å². The van der Waals surface area contributed by atoms with Crippen LogP contribution in [0.1, 0.15) is 49.8 Å². The van der Waals surface area contributed by atoms with E-state index in [1.54, 1.807) is 6.92 Å². The zero-order valence-corrected chi connectivity index (χ0v) is 18.1. The van der Waals surface area contributed by atoms with Crippen molar-refractivity contribution >= 4 is 11.6 Å². The number of hydrogen-bond donors (Lipinski definition) is 1. The zero-order chi connectivity index (χ0) is 21.1. The fourth-order valence-electron chi connectivity index (χ4n) is 5.10. The first-order valence-corrected chi connectivity index (χ1v) is 11.1. The number of aryl methyl sites for hydroxylation is 1. The number of carbonyl (C=O) groups is 1. The predicted octanol–water partition coefficient (Wildman–Crippen LogP) is 4.23. The van der Waals surface area contributed by atoms with Crippen molar-refractivity contribution in [3.05, 3.63) is 65.0 Å². The van der Waals surface area contributed by atoms with Gasteiger partial charge < -0.3 is 10.2 Å². The number of nitrogens with one attached hydrogen (secondary N) is 1. The number of piperidine rings is 1. The summed E-state index contributed by atoms with van der Waals surface area (Å²) in [4.78, 5) is 16.8. The molecule has 2 aromatic carbocycles. The maximum atomic E-state index is 13.4. The van der Waals surface area contributed by atoms with Crippen LogP contribution in [0.2, 0.25) is 0 Å². The summed E-state index contributed by atoms with van der Waals surface area (Å²) in [6, 6.07) is 13.5. The lowest BCUT2D eigenvalue weighted by molar-refractivity contribution is -0.121. The monoisotopic (exact) mass is 409 g/mol. The SMILES string of the molecule is CCN1CCCc2cc(CN3CCC(NC(C)=O)(c4ccc(F)cc4)CC3)ccc21. The number of likely N-dealkylation sites (tertiary alicyclic amines) is 1. The standard InChI is InChI=1S/C25H32FN3O/c1-3-29-14-4-5-21-17-20(6-11-24(21)29)18-28-15-12-25(13-16-28,27-19(2)30)22-7-9-23(26)10-8-22/h6-11,17H,3-5,12-16,18H2,1-2H3,(H,27,30). The molecule has 30 heavy (non-hydrogen) atoms. The highest BCUT2D eigenvalue weighted by Gasteiger charge is 2.37. The fourth-order valence-corrected chi connectivity index (χ4v) is 5.10. The molecular formula is C25H32FN3O. The van der Waals surface area contributed by atoms with E-state index in [4.69, 9.17) is 0 Å². The molecule has 0 aromatic heterocycles. The lowest BCUT2D eigenvalue weighted by atomic mass is 9.80. The summed E-state index contributed by atoms with van der Waals surface area (Å²) in [6.45, 7) is 8.73. The van der Waals surface area contributed by atoms with Gasteiger partial charge in [0.1, 0.15) is 5.82 Å². The summed E-state index contributed by atoms with van der Waals surface area (Å²) in [6.07, 6.45) is 4.04. The van der Waals surface area contributed by atoms with Gasteiger partial charge in [0.15, 0.2) is 0 Å². The molecule has 0 radical (unpaired) electrons. The highest BCUT2D eigenvalue weighted by Crippen LogP contribution is 2.34. The molecule has 0 unspecified atom stereocenters. The van der Waals surface area contributed by atoms with Gasteiger partial charge in [-0.25, -0.2) is 4.39 Å². The first-order chi connectivity index (χ1) is 14.5. The van der Waals surface area contributed by atoms with Crippen LogP contribution in [-0.2, 0) is 23.3 Å². The molecule has 2 aliphatic rings. The third-order valence-corrected chi connectivity index (χ3v) is 6.67. The summed E-state index contributed by atoms with van der Waals surface area (Å²) in [5.41, 5.74) is 4.81. The van der Waals surface area contributed by atoms with E-state index in [0.717, 1.165) is 57.5 Å². The lowest BCUT2D eigenvalue weighted by Gasteiger charge is -2.43. The predicted molar refractivity (Wildman–Crippen MR) is 119 cm³/mol. The van der Waals surface area contributed by atoms with Crippen molar-refractivity contribution in [1.29, 1.82) is 0 Å². The summed E-state index contributed by atoms with van der Waals surface area (Å²) in [5.74, 6) is -0.286. The normalized spacial score (nSPS) is 18.7. The second-order valence-electron chi connectivity index (χ2n) is 8.69. The maximum Gasteiger partial charge on any atom is 0.217 e. The highest BCUT2D eigenvalue weighted by molar-refractivity contribution is 5.74. The molecule has 160 valence electrons. The molecule has 2 aliphatic heterocycles. The average Bonchev–Trinajstić information content (AvgIpc) is 2.74. The van der Waals surface area contributed by atoms with E-state index >= 15 is 0 Å². The molecule has 2 aromatic rings. The number of anilines is 1. The van der Waals surface area contributed by atoms with Crippen molar-refractivity contribution in [1.82, 2.24) is 10.2 Å². The van der Waals surface area contributed by atoms with E-state index in [1.165, 1.54) is 35.4 Å². The van der Waals surface area contributed by atoms with Gasteiger partial charge in [-0.1, -0.05) is 24.3 Å². The smallest absolute Gasteiger partial charge is 0.217 e. The number of nitrogens with zero attached hydrogens (tertiary/aromatic N) is 2. The number of hydrogen-bond acceptors (Lipinski definition) is 3. The number of fused-ring (bicyclic) bond motifs is 1. The molecule has 1 amide bonds. The van der Waals surface area contributed by atoms with Gasteiger partial charge in [0.05, 0.1) is 5.54 Å². The minimum Gasteiger partial charge on any atom is -0.372 e. The van der Waals surface area contributed by atoms with Gasteiger partial charge in [0, 0.05) is 45.3 Å². The van der Waals surface area contributed by atoms with Crippen LogP contribution in [0.3, 0.4) is 0 Å². The molecule has 0 bridgehead atoms. The van der Waals surface area contributed by atoms with Gasteiger partial charge in [0.25, 0.3) is 0 Å². The number of rotatable bonds is 5. The van der Waals surface area contributed by atoms with E-state index in [0.29, 0.717) is 0 Å². The van der Waals surface area contributed by atoms with Crippen molar-refractivity contribution in [3.8, 4) is 0 Å². The van der Waals surface area contributed by atoms with Crippen molar-refractivity contribution < 1.29 is 9.18 Å². The van der Waals surface area contributed by atoms with Gasteiger partial charge in [-0.3, -0.25) is 9.69 Å². The summed E-state index contributed by atoms with van der Waals surface area (Å²) in [5, 5.41) is 3.17. The third-order valence-electron chi connectivity index (χ3n) is 6.67. The second kappa shape index (κ2) is 8.76. The Balaban J connectivity index is 1.45. The number of carbonyl (C=O) groups excluding carboxylic acids is 1. The largest absolute Gasteiger partial charge is 0.372 e. The van der Waals surface area contributed by atoms with Gasteiger partial charge in [0.2, 0.25) is 5.91 Å². The summed E-state index contributed by atoms with van der Waals surface area (Å²) >= 11 is 0. The third kappa shape index (κ3) is 4.36. The molecule has 0 aliphatic carbocycles. The Morgan fingerprint density at radius 2 is 1.83 bits per heavy atom. The van der Waals surface area contributed by atoms with Crippen LogP contribution < -0.4 is 10.2 Å². The first kappa shape index (κ1) is 20.9. The maximum absolute atomic E-state index is 13.4. The minimum atomic E-state index is -0.409. The topological polar surface area (TPSA) is 35.6 Å². The Kier molecular flexibility index (Phi) is 6.09. The molecule has 0 saturated carbocycles. The summed E-state index contributed by atoms with van der Waals surface area (Å²) in [7, 11) is 0. The Labute approximate surface area is 179 Å². The summed E-state index contributed by atoms with van der Waals surface area (Å²) < 4.78 is 13.4. The molecule has 1 N–H and O–H groups in total. The van der Waals surface area contributed by atoms with Gasteiger partial charge >= 0.3 is 0 Å². The van der Waals surface area contributed by atoms with Crippen molar-refractivity contribution in [2.24, 2.45) is 0 Å². The molecule has 0 atom stereocenters. The molecule has 1 fully saturated rings. The minimum absolute atomic E-state index is 0.0389. The quantitative estimate of drug-likeness (QED) is 0.803. The Morgan fingerprint density at radius 1 is 1.10 bits per heavy atom. The molecule has 5 heteroatoms. The van der Waals surface area contributed by atoms with Crippen LogP contribution in [0.15, 0.2) is 42.5 Å². The van der Waals surface area contributed by atoms with E-state index in [9.17, 15) is 9.18 Å². The first-order valence-electron chi connectivity index (χ1n) is 11.1. The van der Waals surface area contributed by atoms with Crippen molar-refractivity contribution in [2.45, 2.75) is 51.6 Å². The molecule has 0 spiro atoms. The Bertz CT molecular complexity index is 888. The molecule has 1 saturated heterocycles. The number of halogens is 1. The molecule has 4 rings (SSSR count). The van der Waals surface area contributed by atoms with Crippen LogP contribution in [0.4, 0.5) is 10.1 Å². The average molecular weight is 410 g/mol. The van der Waals surface area contributed by atoms with Crippen LogP contribution in [0.25, 0.3) is 0 Å².